The van der Waals surface area contributed by atoms with Gasteiger partial charge in [0.15, 0.2) is 0 Å². The highest BCUT2D eigenvalue weighted by Gasteiger charge is 2.21. The number of unbranched alkanes of at least 4 members (excludes halogenated alkanes) is 1. The average Bonchev–Trinajstić information content (AvgIpc) is 3.22. The zero-order valence-electron chi connectivity index (χ0n) is 36.8. The van der Waals surface area contributed by atoms with E-state index in [4.69, 9.17) is 53.1 Å². The van der Waals surface area contributed by atoms with Crippen molar-refractivity contribution in [3.05, 3.63) is 0 Å². The maximum atomic E-state index is 12.9. The molecule has 22 heteroatoms. The molecule has 0 fully saturated rings. The lowest BCUT2D eigenvalue weighted by Crippen LogP contribution is -2.49. The lowest BCUT2D eigenvalue weighted by molar-refractivity contribution is -0.154. The Balaban J connectivity index is 3.91. The van der Waals surface area contributed by atoms with Crippen LogP contribution >= 0.6 is 0 Å². The zero-order chi connectivity index (χ0) is 45.2. The fraction of sp³-hybridized carbons (Fsp3) is 0.846. The van der Waals surface area contributed by atoms with Gasteiger partial charge in [0.05, 0.1) is 119 Å². The number of carbonyl (C=O) groups excluding carboxylic acids is 6. The van der Waals surface area contributed by atoms with Gasteiger partial charge in [-0.2, -0.15) is 0 Å². The smallest absolute Gasteiger partial charge is 0.325 e. The third-order valence-electron chi connectivity index (χ3n) is 7.49. The minimum Gasteiger partial charge on any atom is -0.459 e. The molecular weight excluding hydrogens is 808 g/mol. The summed E-state index contributed by atoms with van der Waals surface area (Å²) in [5, 5.41) is 12.5. The Morgan fingerprint density at radius 2 is 0.951 bits per heavy atom. The molecule has 61 heavy (non-hydrogen) atoms. The summed E-state index contributed by atoms with van der Waals surface area (Å²) in [6.07, 6.45) is 1.79. The van der Waals surface area contributed by atoms with E-state index in [0.29, 0.717) is 131 Å². The van der Waals surface area contributed by atoms with Crippen LogP contribution in [-0.4, -0.2) is 199 Å². The first-order valence-electron chi connectivity index (χ1n) is 20.8. The van der Waals surface area contributed by atoms with E-state index in [9.17, 15) is 28.8 Å². The number of methoxy groups -OCH3 is 1. The molecule has 0 aromatic rings. The van der Waals surface area contributed by atoms with Gasteiger partial charge in [0, 0.05) is 20.1 Å². The van der Waals surface area contributed by atoms with Gasteiger partial charge >= 0.3 is 5.97 Å². The van der Waals surface area contributed by atoms with Crippen molar-refractivity contribution in [3.8, 4) is 0 Å². The summed E-state index contributed by atoms with van der Waals surface area (Å²) in [5.74, 6) is -3.16. The Morgan fingerprint density at radius 3 is 1.41 bits per heavy atom. The Kier molecular flexibility index (Phi) is 38.1. The molecule has 0 rings (SSSR count). The number of carbonyl (C=O) groups is 6. The van der Waals surface area contributed by atoms with Gasteiger partial charge in [-0.3, -0.25) is 28.8 Å². The van der Waals surface area contributed by atoms with Gasteiger partial charge in [-0.05, 0) is 53.0 Å². The maximum absolute atomic E-state index is 12.9. The second kappa shape index (κ2) is 40.5. The lowest BCUT2D eigenvalue weighted by atomic mass is 10.1. The molecule has 356 valence electrons. The molecule has 5 amide bonds. The highest BCUT2D eigenvalue weighted by Crippen LogP contribution is 2.06. The fourth-order valence-electron chi connectivity index (χ4n) is 4.54. The molecule has 0 aromatic carbocycles. The van der Waals surface area contributed by atoms with Crippen molar-refractivity contribution in [2.75, 3.05) is 152 Å². The number of nitrogens with one attached hydrogen (secondary N) is 5. The molecule has 0 radical (unpaired) electrons. The van der Waals surface area contributed by atoms with E-state index >= 15 is 0 Å². The highest BCUT2D eigenvalue weighted by atomic mass is 16.6. The largest absolute Gasteiger partial charge is 0.459 e. The second-order valence-electron chi connectivity index (χ2n) is 14.0. The topological polar surface area (TPSA) is 281 Å². The van der Waals surface area contributed by atoms with Crippen molar-refractivity contribution in [1.29, 1.82) is 0 Å². The van der Waals surface area contributed by atoms with Gasteiger partial charge in [-0.1, -0.05) is 0 Å². The van der Waals surface area contributed by atoms with Gasteiger partial charge in [-0.25, -0.2) is 0 Å². The summed E-state index contributed by atoms with van der Waals surface area (Å²) in [6.45, 7) is 11.4. The maximum Gasteiger partial charge on any atom is 0.325 e. The van der Waals surface area contributed by atoms with Crippen molar-refractivity contribution >= 4 is 35.5 Å². The number of nitrogens with two attached hydrogens (primary N) is 1. The van der Waals surface area contributed by atoms with Crippen LogP contribution in [0.4, 0.5) is 0 Å². The van der Waals surface area contributed by atoms with E-state index in [1.807, 2.05) is 0 Å². The van der Waals surface area contributed by atoms with E-state index in [0.717, 1.165) is 0 Å². The molecule has 7 N–H and O–H groups in total. The van der Waals surface area contributed by atoms with Crippen LogP contribution in [0.25, 0.3) is 0 Å². The van der Waals surface area contributed by atoms with Gasteiger partial charge < -0.3 is 79.7 Å². The Labute approximate surface area is 360 Å². The standard InChI is InChI=1S/C39H74N6O16/c1-39(2,3)61-37(50)30-43-34(47)28-42-35(48)29-44-38(51)32(45-33(46)9-7-10-40)8-5-6-11-41-36(49)31-60-27-26-59-25-24-58-23-22-57-21-20-56-19-18-55-17-16-54-15-14-53-13-12-52-4/h32H,5-31,40H2,1-4H3,(H,41,49)(H,42,48)(H,43,47)(H,44,51)(H,45,46)/t32-/m0/s1. The third-order valence-corrected chi connectivity index (χ3v) is 7.49. The summed E-state index contributed by atoms with van der Waals surface area (Å²) < 4.78 is 53.3. The molecule has 0 saturated carbocycles. The predicted molar refractivity (Wildman–Crippen MR) is 220 cm³/mol. The first kappa shape index (κ1) is 57.4. The van der Waals surface area contributed by atoms with Gasteiger partial charge in [0.2, 0.25) is 29.5 Å². The Bertz CT molecular complexity index is 1160. The van der Waals surface area contributed by atoms with Crippen molar-refractivity contribution in [3.63, 3.8) is 0 Å². The van der Waals surface area contributed by atoms with Crippen LogP contribution in [0, 0.1) is 0 Å². The highest BCUT2D eigenvalue weighted by molar-refractivity contribution is 5.92. The van der Waals surface area contributed by atoms with Crippen molar-refractivity contribution in [2.24, 2.45) is 5.73 Å². The van der Waals surface area contributed by atoms with Crippen LogP contribution in [0.5, 0.6) is 0 Å². The molecule has 22 nitrogen and oxygen atoms in total. The molecule has 0 aliphatic rings. The third kappa shape index (κ3) is 41.5. The molecule has 0 aliphatic carbocycles. The van der Waals surface area contributed by atoms with Gasteiger partial charge in [-0.15, -0.1) is 0 Å². The molecule has 1 atom stereocenters. The molecule has 0 aliphatic heterocycles. The number of hydrogen-bond donors (Lipinski definition) is 6. The minimum absolute atomic E-state index is 0.130. The number of amides is 5. The zero-order valence-corrected chi connectivity index (χ0v) is 36.8. The molecule has 0 unspecified atom stereocenters. The van der Waals surface area contributed by atoms with Crippen LogP contribution in [0.2, 0.25) is 0 Å². The number of esters is 1. The van der Waals surface area contributed by atoms with Crippen molar-refractivity contribution in [1.82, 2.24) is 26.6 Å². The van der Waals surface area contributed by atoms with E-state index in [1.54, 1.807) is 27.9 Å². The van der Waals surface area contributed by atoms with Crippen LogP contribution in [-0.2, 0) is 76.1 Å². The lowest BCUT2D eigenvalue weighted by Gasteiger charge is -2.19. The van der Waals surface area contributed by atoms with Crippen molar-refractivity contribution < 1.29 is 76.1 Å². The summed E-state index contributed by atoms with van der Waals surface area (Å²) in [5.41, 5.74) is 4.78. The van der Waals surface area contributed by atoms with Crippen LogP contribution in [0.15, 0.2) is 0 Å². The van der Waals surface area contributed by atoms with Crippen LogP contribution in [0.3, 0.4) is 0 Å². The number of hydrogen-bond acceptors (Lipinski definition) is 17. The van der Waals surface area contributed by atoms with Crippen molar-refractivity contribution in [2.45, 2.75) is 64.5 Å². The quantitative estimate of drug-likeness (QED) is 0.0285. The minimum atomic E-state index is -0.935. The van der Waals surface area contributed by atoms with Gasteiger partial charge in [0.1, 0.15) is 24.8 Å². The summed E-state index contributed by atoms with van der Waals surface area (Å²) in [7, 11) is 1.63. The van der Waals surface area contributed by atoms with Gasteiger partial charge in [0.25, 0.3) is 0 Å². The van der Waals surface area contributed by atoms with Crippen LogP contribution in [0.1, 0.15) is 52.9 Å². The van der Waals surface area contributed by atoms with Crippen LogP contribution < -0.4 is 32.3 Å². The normalized spacial score (nSPS) is 11.8. The molecule has 0 spiro atoms. The number of rotatable bonds is 42. The Hall–Kier alpha value is -3.58. The first-order valence-corrected chi connectivity index (χ1v) is 20.8. The summed E-state index contributed by atoms with van der Waals surface area (Å²) in [4.78, 5) is 73.2. The monoisotopic (exact) mass is 883 g/mol. The second-order valence-corrected chi connectivity index (χ2v) is 14.0. The molecule has 0 heterocycles. The van der Waals surface area contributed by atoms with E-state index in [2.05, 4.69) is 26.6 Å². The first-order chi connectivity index (χ1) is 29.4. The summed E-state index contributed by atoms with van der Waals surface area (Å²) >= 11 is 0. The molecular formula is C39H74N6O16. The molecule has 0 saturated heterocycles. The molecule has 0 bridgehead atoms. The van der Waals surface area contributed by atoms with E-state index in [-0.39, 0.29) is 44.4 Å². The number of ether oxygens (including phenoxy) is 10. The Morgan fingerprint density at radius 1 is 0.508 bits per heavy atom. The predicted octanol–water partition coefficient (Wildman–Crippen LogP) is -2.03. The van der Waals surface area contributed by atoms with E-state index < -0.39 is 48.4 Å². The fourth-order valence-corrected chi connectivity index (χ4v) is 4.54. The summed E-state index contributed by atoms with van der Waals surface area (Å²) in [6, 6.07) is -0.935. The molecule has 0 aromatic heterocycles. The SMILES string of the molecule is COCCOCCOCCOCCOCCOCCOCCOCCOCC(=O)NCCCC[C@H](NC(=O)CCCN)C(=O)NCC(=O)NCC(=O)NCC(=O)OC(C)(C)C. The average molecular weight is 883 g/mol. The van der Waals surface area contributed by atoms with E-state index in [1.165, 1.54) is 0 Å².